The monoisotopic (exact) mass is 395 g/mol. The molecular formula is C21H25N5OS. The van der Waals surface area contributed by atoms with Gasteiger partial charge >= 0.3 is 0 Å². The van der Waals surface area contributed by atoms with Crippen LogP contribution in [0.5, 0.6) is 0 Å². The Bertz CT molecular complexity index is 920. The van der Waals surface area contributed by atoms with Crippen molar-refractivity contribution < 1.29 is 4.79 Å². The van der Waals surface area contributed by atoms with Gasteiger partial charge in [0.1, 0.15) is 5.82 Å². The molecule has 0 radical (unpaired) electrons. The van der Waals surface area contributed by atoms with E-state index in [4.69, 9.17) is 4.98 Å². The van der Waals surface area contributed by atoms with E-state index in [0.29, 0.717) is 6.42 Å². The first-order valence-corrected chi connectivity index (χ1v) is 10.7. The number of benzene rings is 1. The quantitative estimate of drug-likeness (QED) is 0.685. The molecule has 3 aromatic rings. The third-order valence-electron chi connectivity index (χ3n) is 5.19. The summed E-state index contributed by atoms with van der Waals surface area (Å²) >= 11 is 1.67. The third-order valence-corrected chi connectivity index (χ3v) is 6.01. The van der Waals surface area contributed by atoms with Gasteiger partial charge in [-0.05, 0) is 32.6 Å². The van der Waals surface area contributed by atoms with Crippen molar-refractivity contribution >= 4 is 17.2 Å². The number of likely N-dealkylation sites (tertiary alicyclic amines) is 1. The number of carbonyl (C=O) groups excluding carboxylic acids is 1. The summed E-state index contributed by atoms with van der Waals surface area (Å²) < 4.78 is 0. The van der Waals surface area contributed by atoms with Gasteiger partial charge in [-0.2, -0.15) is 5.10 Å². The van der Waals surface area contributed by atoms with Crippen molar-refractivity contribution in [2.45, 2.75) is 44.9 Å². The Balaban J connectivity index is 1.32. The number of hydrogen-bond acceptors (Lipinski definition) is 5. The van der Waals surface area contributed by atoms with Crippen LogP contribution in [0.15, 0.2) is 35.7 Å². The van der Waals surface area contributed by atoms with Gasteiger partial charge in [-0.3, -0.25) is 9.89 Å². The molecule has 146 valence electrons. The number of thiazole rings is 1. The molecule has 0 bridgehead atoms. The molecule has 1 aliphatic heterocycles. The van der Waals surface area contributed by atoms with Crippen molar-refractivity contribution in [3.8, 4) is 11.4 Å². The summed E-state index contributed by atoms with van der Waals surface area (Å²) in [5, 5.41) is 10.6. The number of aromatic nitrogens is 4. The predicted molar refractivity (Wildman–Crippen MR) is 110 cm³/mol. The number of aromatic amines is 1. The van der Waals surface area contributed by atoms with Crippen molar-refractivity contribution in [1.82, 2.24) is 25.1 Å². The summed E-state index contributed by atoms with van der Waals surface area (Å²) in [7, 11) is 0. The molecule has 3 heterocycles. The highest BCUT2D eigenvalue weighted by Gasteiger charge is 2.26. The Morgan fingerprint density at radius 2 is 2.14 bits per heavy atom. The number of carbonyl (C=O) groups is 1. The smallest absolute Gasteiger partial charge is 0.222 e. The molecule has 1 fully saturated rings. The van der Waals surface area contributed by atoms with Crippen LogP contribution in [0.4, 0.5) is 0 Å². The minimum atomic E-state index is 0.226. The lowest BCUT2D eigenvalue weighted by atomic mass is 9.97. The average Bonchev–Trinajstić information content (AvgIpc) is 3.38. The zero-order valence-corrected chi connectivity index (χ0v) is 16.9. The molecule has 1 atom stereocenters. The number of rotatable bonds is 6. The van der Waals surface area contributed by atoms with Gasteiger partial charge in [0.25, 0.3) is 0 Å². The molecular weight excluding hydrogens is 370 g/mol. The summed E-state index contributed by atoms with van der Waals surface area (Å²) in [4.78, 5) is 23.8. The van der Waals surface area contributed by atoms with E-state index >= 15 is 0 Å². The third kappa shape index (κ3) is 4.47. The first-order valence-electron chi connectivity index (χ1n) is 9.85. The first-order chi connectivity index (χ1) is 13.7. The fraction of sp³-hybridized carbons (Fsp3) is 0.429. The Kier molecular flexibility index (Phi) is 5.81. The van der Waals surface area contributed by atoms with Gasteiger partial charge in [-0.15, -0.1) is 11.3 Å². The van der Waals surface area contributed by atoms with E-state index in [2.05, 4.69) is 20.6 Å². The molecule has 1 amide bonds. The van der Waals surface area contributed by atoms with Gasteiger partial charge in [-0.25, -0.2) is 9.97 Å². The Morgan fingerprint density at radius 3 is 2.93 bits per heavy atom. The maximum atomic E-state index is 12.7. The van der Waals surface area contributed by atoms with Crippen molar-refractivity contribution in [3.63, 3.8) is 0 Å². The molecule has 1 aromatic carbocycles. The highest BCUT2D eigenvalue weighted by atomic mass is 32.1. The van der Waals surface area contributed by atoms with Crippen molar-refractivity contribution in [2.75, 3.05) is 13.1 Å². The molecule has 0 unspecified atom stereocenters. The van der Waals surface area contributed by atoms with Crippen LogP contribution >= 0.6 is 11.3 Å². The number of nitrogens with one attached hydrogen (secondary N) is 1. The lowest BCUT2D eigenvalue weighted by Gasteiger charge is -2.31. The molecule has 6 nitrogen and oxygen atoms in total. The largest absolute Gasteiger partial charge is 0.342 e. The maximum absolute atomic E-state index is 12.7. The van der Waals surface area contributed by atoms with Crippen molar-refractivity contribution in [1.29, 1.82) is 0 Å². The fourth-order valence-electron chi connectivity index (χ4n) is 3.70. The number of H-pyrrole nitrogens is 1. The molecule has 1 saturated heterocycles. The molecule has 0 aliphatic carbocycles. The second-order valence-electron chi connectivity index (χ2n) is 7.30. The van der Waals surface area contributed by atoms with Crippen molar-refractivity contribution in [3.05, 3.63) is 52.2 Å². The maximum Gasteiger partial charge on any atom is 0.222 e. The van der Waals surface area contributed by atoms with E-state index in [1.54, 1.807) is 11.3 Å². The van der Waals surface area contributed by atoms with Crippen LogP contribution < -0.4 is 0 Å². The van der Waals surface area contributed by atoms with Gasteiger partial charge in [-0.1, -0.05) is 30.3 Å². The van der Waals surface area contributed by atoms with E-state index in [-0.39, 0.29) is 11.8 Å². The summed E-state index contributed by atoms with van der Waals surface area (Å²) in [6.07, 6.45) is 4.34. The van der Waals surface area contributed by atoms with Gasteiger partial charge < -0.3 is 4.90 Å². The van der Waals surface area contributed by atoms with Gasteiger partial charge in [0.15, 0.2) is 5.82 Å². The number of piperidine rings is 1. The molecule has 1 N–H and O–H groups in total. The molecule has 28 heavy (non-hydrogen) atoms. The summed E-state index contributed by atoms with van der Waals surface area (Å²) in [6, 6.07) is 9.97. The second kappa shape index (κ2) is 8.65. The van der Waals surface area contributed by atoms with Crippen LogP contribution in [0.1, 0.15) is 48.1 Å². The molecule has 0 spiro atoms. The van der Waals surface area contributed by atoms with Crippen LogP contribution in [0, 0.1) is 6.92 Å². The summed E-state index contributed by atoms with van der Waals surface area (Å²) in [6.45, 7) is 3.57. The van der Waals surface area contributed by atoms with Gasteiger partial charge in [0, 0.05) is 36.4 Å². The highest BCUT2D eigenvalue weighted by Crippen LogP contribution is 2.26. The second-order valence-corrected chi connectivity index (χ2v) is 8.36. The number of hydrogen-bond donors (Lipinski definition) is 1. The Hall–Kier alpha value is -2.54. The number of aryl methyl sites for hydroxylation is 2. The van der Waals surface area contributed by atoms with Crippen LogP contribution in [-0.4, -0.2) is 44.1 Å². The normalized spacial score (nSPS) is 17.0. The van der Waals surface area contributed by atoms with Gasteiger partial charge in [0.2, 0.25) is 5.91 Å². The number of nitrogens with zero attached hydrogens (tertiary/aromatic N) is 4. The standard InChI is InChI=1S/C21H25N5OS/c1-15-22-18(14-28-15)10-5-11-19(27)26-12-6-9-17(13-26)21-23-20(24-25-21)16-7-3-2-4-8-16/h2-4,7-8,14,17H,5-6,9-13H2,1H3,(H,23,24,25)/t17-/m0/s1. The van der Waals surface area contributed by atoms with E-state index in [1.165, 1.54) is 0 Å². The SMILES string of the molecule is Cc1nc(CCCC(=O)N2CCC[C@H](c3nc(-c4ccccc4)n[nH]3)C2)cs1. The molecule has 2 aromatic heterocycles. The predicted octanol–water partition coefficient (Wildman–Crippen LogP) is 3.97. The fourth-order valence-corrected chi connectivity index (χ4v) is 4.35. The minimum Gasteiger partial charge on any atom is -0.342 e. The lowest BCUT2D eigenvalue weighted by Crippen LogP contribution is -2.39. The average molecular weight is 396 g/mol. The van der Waals surface area contributed by atoms with E-state index in [9.17, 15) is 4.79 Å². The lowest BCUT2D eigenvalue weighted by molar-refractivity contribution is -0.132. The minimum absolute atomic E-state index is 0.226. The van der Waals surface area contributed by atoms with E-state index < -0.39 is 0 Å². The van der Waals surface area contributed by atoms with Crippen LogP contribution in [0.2, 0.25) is 0 Å². The Labute approximate surface area is 169 Å². The first kappa shape index (κ1) is 18.8. The van der Waals surface area contributed by atoms with Gasteiger partial charge in [0.05, 0.1) is 10.7 Å². The molecule has 4 rings (SSSR count). The summed E-state index contributed by atoms with van der Waals surface area (Å²) in [5.41, 5.74) is 2.10. The zero-order chi connectivity index (χ0) is 19.3. The van der Waals surface area contributed by atoms with Crippen LogP contribution in [0.25, 0.3) is 11.4 Å². The van der Waals surface area contributed by atoms with Crippen LogP contribution in [0.3, 0.4) is 0 Å². The van der Waals surface area contributed by atoms with E-state index in [0.717, 1.165) is 66.7 Å². The van der Waals surface area contributed by atoms with Crippen LogP contribution in [-0.2, 0) is 11.2 Å². The molecule has 0 saturated carbocycles. The van der Waals surface area contributed by atoms with Crippen molar-refractivity contribution in [2.24, 2.45) is 0 Å². The van der Waals surface area contributed by atoms with E-state index in [1.807, 2.05) is 42.2 Å². The topological polar surface area (TPSA) is 74.8 Å². The highest BCUT2D eigenvalue weighted by molar-refractivity contribution is 7.09. The Morgan fingerprint density at radius 1 is 1.29 bits per heavy atom. The summed E-state index contributed by atoms with van der Waals surface area (Å²) in [5.74, 6) is 2.07. The molecule has 7 heteroatoms. The number of amides is 1. The zero-order valence-electron chi connectivity index (χ0n) is 16.1. The molecule has 1 aliphatic rings.